The number of hydrogen-bond acceptors (Lipinski definition) is 4. The lowest BCUT2D eigenvalue weighted by Gasteiger charge is -2.09. The van der Waals surface area contributed by atoms with E-state index in [-0.39, 0.29) is 0 Å². The van der Waals surface area contributed by atoms with Gasteiger partial charge in [0.15, 0.2) is 0 Å². The van der Waals surface area contributed by atoms with Gasteiger partial charge in [0.2, 0.25) is 0 Å². The number of likely N-dealkylation sites (N-methyl/N-ethyl adjacent to an activating group) is 1. The second-order valence-corrected chi connectivity index (χ2v) is 5.22. The quantitative estimate of drug-likeness (QED) is 0.494. The van der Waals surface area contributed by atoms with Crippen LogP contribution in [0.25, 0.3) is 0 Å². The third-order valence-electron chi connectivity index (χ3n) is 2.07. The highest BCUT2D eigenvalue weighted by atomic mass is 32.2. The Morgan fingerprint density at radius 1 is 0.938 bits per heavy atom. The average molecular weight is 249 g/mol. The summed E-state index contributed by atoms with van der Waals surface area (Å²) in [6.07, 6.45) is 2.60. The lowest BCUT2D eigenvalue weighted by atomic mass is 10.4. The molecule has 0 rings (SSSR count). The Labute approximate surface area is 105 Å². The highest BCUT2D eigenvalue weighted by molar-refractivity contribution is 7.99. The minimum absolute atomic E-state index is 0.716. The van der Waals surface area contributed by atoms with E-state index in [0.717, 1.165) is 32.1 Å². The van der Waals surface area contributed by atoms with Crippen LogP contribution in [-0.2, 0) is 9.47 Å². The Morgan fingerprint density at radius 3 is 2.25 bits per heavy atom. The van der Waals surface area contributed by atoms with Crippen LogP contribution >= 0.6 is 11.8 Å². The minimum atomic E-state index is 0.716. The van der Waals surface area contributed by atoms with Crippen molar-refractivity contribution in [1.29, 1.82) is 0 Å². The van der Waals surface area contributed by atoms with Gasteiger partial charge in [-0.25, -0.2) is 0 Å². The summed E-state index contributed by atoms with van der Waals surface area (Å²) in [5.41, 5.74) is 0. The summed E-state index contributed by atoms with van der Waals surface area (Å²) in [4.78, 5) is 2.12. The van der Waals surface area contributed by atoms with Gasteiger partial charge in [-0.15, -0.1) is 0 Å². The van der Waals surface area contributed by atoms with Crippen molar-refractivity contribution >= 4 is 11.8 Å². The molecule has 0 aromatic heterocycles. The van der Waals surface area contributed by atoms with Crippen LogP contribution in [0.1, 0.15) is 19.8 Å². The van der Waals surface area contributed by atoms with Gasteiger partial charge >= 0.3 is 0 Å². The number of ether oxygens (including phenoxy) is 2. The minimum Gasteiger partial charge on any atom is -0.378 e. The second kappa shape index (κ2) is 13.3. The summed E-state index contributed by atoms with van der Waals surface area (Å²) in [5, 5.41) is 0. The van der Waals surface area contributed by atoms with Crippen molar-refractivity contribution in [2.24, 2.45) is 0 Å². The molecule has 3 nitrogen and oxygen atoms in total. The molecule has 0 unspecified atom stereocenters. The molecule has 0 saturated heterocycles. The fourth-order valence-corrected chi connectivity index (χ4v) is 1.97. The zero-order chi connectivity index (χ0) is 12.1. The number of nitrogens with zero attached hydrogens (tertiary/aromatic N) is 1. The Kier molecular flexibility index (Phi) is 13.5. The molecular weight excluding hydrogens is 222 g/mol. The van der Waals surface area contributed by atoms with Crippen molar-refractivity contribution in [3.8, 4) is 0 Å². The SMILES string of the molecule is CCCCSCCOCCOCCN(C)C. The Morgan fingerprint density at radius 2 is 1.62 bits per heavy atom. The molecule has 0 amide bonds. The van der Waals surface area contributed by atoms with Crippen LogP contribution in [0.2, 0.25) is 0 Å². The first-order valence-corrected chi connectivity index (χ1v) is 7.30. The Bertz CT molecular complexity index is 134. The van der Waals surface area contributed by atoms with Gasteiger partial charge in [0, 0.05) is 12.3 Å². The smallest absolute Gasteiger partial charge is 0.0701 e. The summed E-state index contributed by atoms with van der Waals surface area (Å²) in [7, 11) is 4.10. The topological polar surface area (TPSA) is 21.7 Å². The molecule has 0 spiro atoms. The van der Waals surface area contributed by atoms with Crippen LogP contribution in [0.3, 0.4) is 0 Å². The van der Waals surface area contributed by atoms with Gasteiger partial charge in [0.05, 0.1) is 26.4 Å². The van der Waals surface area contributed by atoms with Crippen LogP contribution in [0.5, 0.6) is 0 Å². The monoisotopic (exact) mass is 249 g/mol. The molecule has 0 bridgehead atoms. The van der Waals surface area contributed by atoms with Crippen molar-refractivity contribution in [3.05, 3.63) is 0 Å². The van der Waals surface area contributed by atoms with Gasteiger partial charge in [0.1, 0.15) is 0 Å². The van der Waals surface area contributed by atoms with Gasteiger partial charge in [-0.2, -0.15) is 11.8 Å². The van der Waals surface area contributed by atoms with Gasteiger partial charge in [-0.05, 0) is 26.3 Å². The van der Waals surface area contributed by atoms with E-state index >= 15 is 0 Å². The van der Waals surface area contributed by atoms with Crippen LogP contribution in [0.15, 0.2) is 0 Å². The molecule has 0 aliphatic carbocycles. The number of unbranched alkanes of at least 4 members (excludes halogenated alkanes) is 1. The molecule has 0 aliphatic rings. The molecule has 0 heterocycles. The van der Waals surface area contributed by atoms with E-state index in [9.17, 15) is 0 Å². The van der Waals surface area contributed by atoms with Crippen molar-refractivity contribution in [3.63, 3.8) is 0 Å². The van der Waals surface area contributed by atoms with E-state index < -0.39 is 0 Å². The molecule has 0 aliphatic heterocycles. The van der Waals surface area contributed by atoms with Gasteiger partial charge < -0.3 is 14.4 Å². The lowest BCUT2D eigenvalue weighted by molar-refractivity contribution is 0.0482. The van der Waals surface area contributed by atoms with Crippen LogP contribution in [0, 0.1) is 0 Å². The average Bonchev–Trinajstić information content (AvgIpc) is 2.25. The van der Waals surface area contributed by atoms with E-state index in [1.54, 1.807) is 0 Å². The molecule has 0 atom stereocenters. The first-order chi connectivity index (χ1) is 7.77. The molecule has 98 valence electrons. The van der Waals surface area contributed by atoms with Gasteiger partial charge in [0.25, 0.3) is 0 Å². The second-order valence-electron chi connectivity index (χ2n) is 3.99. The molecule has 0 N–H and O–H groups in total. The molecular formula is C12H27NO2S. The standard InChI is InChI=1S/C12H27NO2S/c1-4-5-11-16-12-10-15-9-8-14-7-6-13(2)3/h4-12H2,1-3H3. The number of rotatable bonds is 12. The lowest BCUT2D eigenvalue weighted by Crippen LogP contribution is -2.19. The largest absolute Gasteiger partial charge is 0.378 e. The summed E-state index contributed by atoms with van der Waals surface area (Å²) in [6.45, 7) is 6.29. The Hall–Kier alpha value is 0.230. The fraction of sp³-hybridized carbons (Fsp3) is 1.00. The van der Waals surface area contributed by atoms with Crippen molar-refractivity contribution in [2.75, 3.05) is 58.6 Å². The molecule has 0 aromatic carbocycles. The summed E-state index contributed by atoms with van der Waals surface area (Å²) < 4.78 is 10.9. The van der Waals surface area contributed by atoms with E-state index in [2.05, 4.69) is 11.8 Å². The fourth-order valence-electron chi connectivity index (χ4n) is 1.04. The molecule has 16 heavy (non-hydrogen) atoms. The molecule has 0 saturated carbocycles. The van der Waals surface area contributed by atoms with Crippen molar-refractivity contribution < 1.29 is 9.47 Å². The summed E-state index contributed by atoms with van der Waals surface area (Å²) in [6, 6.07) is 0. The van der Waals surface area contributed by atoms with Gasteiger partial charge in [-0.3, -0.25) is 0 Å². The van der Waals surface area contributed by atoms with Crippen LogP contribution in [0.4, 0.5) is 0 Å². The number of hydrogen-bond donors (Lipinski definition) is 0. The zero-order valence-corrected chi connectivity index (χ0v) is 11.9. The van der Waals surface area contributed by atoms with Crippen LogP contribution in [-0.4, -0.2) is 63.5 Å². The maximum atomic E-state index is 5.46. The maximum absolute atomic E-state index is 5.46. The highest BCUT2D eigenvalue weighted by Gasteiger charge is 1.92. The molecule has 0 radical (unpaired) electrons. The summed E-state index contributed by atoms with van der Waals surface area (Å²) >= 11 is 1.98. The zero-order valence-electron chi connectivity index (χ0n) is 11.0. The first-order valence-electron chi connectivity index (χ1n) is 6.15. The third kappa shape index (κ3) is 14.2. The highest BCUT2D eigenvalue weighted by Crippen LogP contribution is 2.03. The van der Waals surface area contributed by atoms with E-state index in [4.69, 9.17) is 9.47 Å². The Balaban J connectivity index is 2.88. The number of thioether (sulfide) groups is 1. The molecule has 0 fully saturated rings. The normalized spacial score (nSPS) is 11.2. The molecule has 0 aromatic rings. The maximum Gasteiger partial charge on any atom is 0.0701 e. The van der Waals surface area contributed by atoms with E-state index in [1.165, 1.54) is 18.6 Å². The van der Waals surface area contributed by atoms with E-state index in [0.29, 0.717) is 6.61 Å². The predicted molar refractivity (Wildman–Crippen MR) is 72.4 cm³/mol. The third-order valence-corrected chi connectivity index (χ3v) is 3.10. The first kappa shape index (κ1) is 16.2. The molecule has 4 heteroatoms. The summed E-state index contributed by atoms with van der Waals surface area (Å²) in [5.74, 6) is 2.37. The van der Waals surface area contributed by atoms with Crippen molar-refractivity contribution in [2.45, 2.75) is 19.8 Å². The van der Waals surface area contributed by atoms with Crippen LogP contribution < -0.4 is 0 Å². The van der Waals surface area contributed by atoms with Gasteiger partial charge in [-0.1, -0.05) is 13.3 Å². The predicted octanol–water partition coefficient (Wildman–Crippen LogP) is 2.11. The van der Waals surface area contributed by atoms with E-state index in [1.807, 2.05) is 25.9 Å². The van der Waals surface area contributed by atoms with Crippen molar-refractivity contribution in [1.82, 2.24) is 4.90 Å².